The predicted molar refractivity (Wildman–Crippen MR) is 138 cm³/mol. The van der Waals surface area contributed by atoms with Crippen LogP contribution in [0.25, 0.3) is 0 Å². The molecular weight excluding hydrogens is 454 g/mol. The highest BCUT2D eigenvalue weighted by Crippen LogP contribution is 2.43. The lowest BCUT2D eigenvalue weighted by molar-refractivity contribution is -0.0239. The van der Waals surface area contributed by atoms with E-state index < -0.39 is 5.60 Å². The van der Waals surface area contributed by atoms with Crippen molar-refractivity contribution in [1.29, 1.82) is 0 Å². The molecule has 1 atom stereocenters. The van der Waals surface area contributed by atoms with Crippen LogP contribution in [0.2, 0.25) is 0 Å². The number of rotatable bonds is 11. The van der Waals surface area contributed by atoms with Gasteiger partial charge in [0.15, 0.2) is 5.60 Å². The highest BCUT2D eigenvalue weighted by Gasteiger charge is 2.44. The first-order chi connectivity index (χ1) is 17.5. The molecule has 2 N–H and O–H groups in total. The number of nitrogens with one attached hydrogen (secondary N) is 1. The largest absolute Gasteiger partial charge is 0.442 e. The molecule has 0 saturated heterocycles. The Hall–Kier alpha value is -3.29. The summed E-state index contributed by atoms with van der Waals surface area (Å²) in [5, 5.41) is 14.8. The van der Waals surface area contributed by atoms with Crippen LogP contribution in [0.3, 0.4) is 0 Å². The van der Waals surface area contributed by atoms with Gasteiger partial charge in [-0.15, -0.1) is 0 Å². The molecule has 1 aliphatic carbocycles. The zero-order valence-corrected chi connectivity index (χ0v) is 20.9. The Balaban J connectivity index is 1.31. The highest BCUT2D eigenvalue weighted by atomic mass is 16.4. The molecule has 0 radical (unpaired) electrons. The molecule has 1 fully saturated rings. The fourth-order valence-electron chi connectivity index (χ4n) is 4.93. The van der Waals surface area contributed by atoms with Crippen molar-refractivity contribution in [3.8, 4) is 0 Å². The average Bonchev–Trinajstić information content (AvgIpc) is 3.42. The molecule has 4 rings (SSSR count). The van der Waals surface area contributed by atoms with Crippen molar-refractivity contribution in [2.45, 2.75) is 44.1 Å². The zero-order chi connectivity index (χ0) is 25.4. The fourth-order valence-corrected chi connectivity index (χ4v) is 4.93. The van der Waals surface area contributed by atoms with Crippen molar-refractivity contribution in [2.24, 2.45) is 5.92 Å². The minimum atomic E-state index is -1.22. The van der Waals surface area contributed by atoms with E-state index in [1.165, 1.54) is 6.42 Å². The number of carbonyl (C=O) groups is 2. The SMILES string of the molecule is CN(CCNC(=O)c1ccc(C=O)cc1)CCc1cnc([C@](O)(c2ccccc2)C2CCCCC2)o1. The first-order valence-corrected chi connectivity index (χ1v) is 12.8. The minimum absolute atomic E-state index is 0.0843. The number of carbonyl (C=O) groups excluding carboxylic acids is 2. The molecule has 190 valence electrons. The third kappa shape index (κ3) is 6.09. The van der Waals surface area contributed by atoms with Crippen LogP contribution < -0.4 is 5.32 Å². The van der Waals surface area contributed by atoms with Gasteiger partial charge in [0.05, 0.1) is 6.20 Å². The molecule has 0 spiro atoms. The molecule has 1 saturated carbocycles. The lowest BCUT2D eigenvalue weighted by Crippen LogP contribution is -2.38. The van der Waals surface area contributed by atoms with Gasteiger partial charge >= 0.3 is 0 Å². The Morgan fingerprint density at radius 2 is 1.83 bits per heavy atom. The van der Waals surface area contributed by atoms with E-state index in [2.05, 4.69) is 15.2 Å². The standard InChI is InChI=1S/C29H35N3O4/c1-32(19-17-30-27(34)23-14-12-22(21-33)13-15-23)18-16-26-20-31-28(36-26)29(35,24-8-4-2-5-9-24)25-10-6-3-7-11-25/h2,4-5,8-9,12-15,20-21,25,35H,3,6-7,10-11,16-19H2,1H3,(H,30,34)/t29-/m0/s1. The number of likely N-dealkylation sites (N-methyl/N-ethyl adjacent to an activating group) is 1. The smallest absolute Gasteiger partial charge is 0.251 e. The van der Waals surface area contributed by atoms with Crippen LogP contribution in [0, 0.1) is 5.92 Å². The van der Waals surface area contributed by atoms with Gasteiger partial charge in [0.25, 0.3) is 5.91 Å². The monoisotopic (exact) mass is 489 g/mol. The summed E-state index contributed by atoms with van der Waals surface area (Å²) in [6.07, 6.45) is 8.48. The first kappa shape index (κ1) is 25.8. The van der Waals surface area contributed by atoms with E-state index in [9.17, 15) is 14.7 Å². The van der Waals surface area contributed by atoms with Gasteiger partial charge in [0, 0.05) is 43.1 Å². The topological polar surface area (TPSA) is 95.7 Å². The summed E-state index contributed by atoms with van der Waals surface area (Å²) in [5.74, 6) is 1.04. The molecule has 1 heterocycles. The van der Waals surface area contributed by atoms with E-state index in [0.29, 0.717) is 36.5 Å². The normalized spacial score (nSPS) is 16.0. The van der Waals surface area contributed by atoms with Gasteiger partial charge in [0.1, 0.15) is 12.0 Å². The maximum atomic E-state index is 12.3. The van der Waals surface area contributed by atoms with Crippen molar-refractivity contribution < 1.29 is 19.1 Å². The number of nitrogens with zero attached hydrogens (tertiary/aromatic N) is 2. The number of amides is 1. The molecule has 36 heavy (non-hydrogen) atoms. The van der Waals surface area contributed by atoms with Crippen molar-refractivity contribution >= 4 is 12.2 Å². The van der Waals surface area contributed by atoms with E-state index in [-0.39, 0.29) is 11.8 Å². The van der Waals surface area contributed by atoms with E-state index in [1.807, 2.05) is 37.4 Å². The lowest BCUT2D eigenvalue weighted by atomic mass is 9.73. The Bertz CT molecular complexity index is 1120. The number of aldehydes is 1. The average molecular weight is 490 g/mol. The van der Waals surface area contributed by atoms with E-state index in [0.717, 1.165) is 49.8 Å². The number of aromatic nitrogens is 1. The quantitative estimate of drug-likeness (QED) is 0.392. The van der Waals surface area contributed by atoms with E-state index >= 15 is 0 Å². The molecule has 0 bridgehead atoms. The van der Waals surface area contributed by atoms with Crippen molar-refractivity contribution in [1.82, 2.24) is 15.2 Å². The molecule has 3 aromatic rings. The highest BCUT2D eigenvalue weighted by molar-refractivity contribution is 5.94. The van der Waals surface area contributed by atoms with Gasteiger partial charge in [-0.3, -0.25) is 9.59 Å². The maximum Gasteiger partial charge on any atom is 0.251 e. The maximum absolute atomic E-state index is 12.3. The third-order valence-electron chi connectivity index (χ3n) is 7.12. The summed E-state index contributed by atoms with van der Waals surface area (Å²) in [7, 11) is 1.99. The van der Waals surface area contributed by atoms with E-state index in [4.69, 9.17) is 4.42 Å². The Kier molecular flexibility index (Phi) is 8.67. The van der Waals surface area contributed by atoms with Crippen molar-refractivity contribution in [3.63, 3.8) is 0 Å². The van der Waals surface area contributed by atoms with Gasteiger partial charge in [-0.25, -0.2) is 4.98 Å². The number of benzene rings is 2. The van der Waals surface area contributed by atoms with Crippen LogP contribution in [-0.4, -0.2) is 53.9 Å². The lowest BCUT2D eigenvalue weighted by Gasteiger charge is -2.36. The van der Waals surface area contributed by atoms with E-state index in [1.54, 1.807) is 30.5 Å². The fraction of sp³-hybridized carbons (Fsp3) is 0.414. The third-order valence-corrected chi connectivity index (χ3v) is 7.12. The molecule has 7 heteroatoms. The summed E-state index contributed by atoms with van der Waals surface area (Å²) in [6, 6.07) is 16.3. The van der Waals surface area contributed by atoms with Gasteiger partial charge < -0.3 is 19.7 Å². The Labute approximate surface area is 212 Å². The molecule has 1 aliphatic rings. The zero-order valence-electron chi connectivity index (χ0n) is 20.9. The number of hydrogen-bond acceptors (Lipinski definition) is 6. The second kappa shape index (κ2) is 12.1. The summed E-state index contributed by atoms with van der Waals surface area (Å²) in [6.45, 7) is 1.91. The summed E-state index contributed by atoms with van der Waals surface area (Å²) < 4.78 is 6.14. The molecular formula is C29H35N3O4. The molecule has 0 unspecified atom stereocenters. The summed E-state index contributed by atoms with van der Waals surface area (Å²) in [5.41, 5.74) is 0.683. The minimum Gasteiger partial charge on any atom is -0.442 e. The van der Waals surface area contributed by atoms with Crippen LogP contribution in [0.1, 0.15) is 70.0 Å². The van der Waals surface area contributed by atoms with Crippen LogP contribution >= 0.6 is 0 Å². The van der Waals surface area contributed by atoms with Crippen molar-refractivity contribution in [3.05, 3.63) is 89.1 Å². The van der Waals surface area contributed by atoms with Crippen LogP contribution in [0.15, 0.2) is 65.2 Å². The number of oxazole rings is 1. The van der Waals surface area contributed by atoms with Gasteiger partial charge in [-0.05, 0) is 37.6 Å². The van der Waals surface area contributed by atoms with Crippen LogP contribution in [0.5, 0.6) is 0 Å². The predicted octanol–water partition coefficient (Wildman–Crippen LogP) is 4.21. The van der Waals surface area contributed by atoms with Crippen molar-refractivity contribution in [2.75, 3.05) is 26.7 Å². The summed E-state index contributed by atoms with van der Waals surface area (Å²) >= 11 is 0. The Morgan fingerprint density at radius 1 is 1.11 bits per heavy atom. The van der Waals surface area contributed by atoms with Crippen LogP contribution in [0.4, 0.5) is 0 Å². The first-order valence-electron chi connectivity index (χ1n) is 12.8. The second-order valence-electron chi connectivity index (χ2n) is 9.65. The Morgan fingerprint density at radius 3 is 2.53 bits per heavy atom. The molecule has 1 aromatic heterocycles. The van der Waals surface area contributed by atoms with Gasteiger partial charge in [0.2, 0.25) is 5.89 Å². The van der Waals surface area contributed by atoms with Gasteiger partial charge in [-0.2, -0.15) is 0 Å². The molecule has 2 aromatic carbocycles. The van der Waals surface area contributed by atoms with Crippen LogP contribution in [-0.2, 0) is 12.0 Å². The number of aliphatic hydroxyl groups is 1. The molecule has 7 nitrogen and oxygen atoms in total. The molecule has 0 aliphatic heterocycles. The molecule has 1 amide bonds. The number of hydrogen-bond donors (Lipinski definition) is 2. The summed E-state index contributed by atoms with van der Waals surface area (Å²) in [4.78, 5) is 29.7. The van der Waals surface area contributed by atoms with Gasteiger partial charge in [-0.1, -0.05) is 61.7 Å². The second-order valence-corrected chi connectivity index (χ2v) is 9.65.